The van der Waals surface area contributed by atoms with Crippen LogP contribution in [-0.2, 0) is 0 Å². The van der Waals surface area contributed by atoms with Gasteiger partial charge in [-0.1, -0.05) is 0 Å². The molecule has 0 radical (unpaired) electrons. The number of halogens is 1. The first-order valence-corrected chi connectivity index (χ1v) is 3.80. The fraction of sp³-hybridized carbons (Fsp3) is 0. The van der Waals surface area contributed by atoms with Gasteiger partial charge in [-0.3, -0.25) is 0 Å². The van der Waals surface area contributed by atoms with Crippen molar-refractivity contribution >= 4 is 33.0 Å². The summed E-state index contributed by atoms with van der Waals surface area (Å²) in [6.45, 7) is 0. The summed E-state index contributed by atoms with van der Waals surface area (Å²) in [7, 11) is 0. The Morgan fingerprint density at radius 1 is 1.78 bits per heavy atom. The first kappa shape index (κ1) is 6.59. The van der Waals surface area contributed by atoms with E-state index in [0.717, 1.165) is 3.79 Å². The van der Waals surface area contributed by atoms with Crippen molar-refractivity contribution in [1.29, 1.82) is 5.26 Å². The second-order valence-corrected chi connectivity index (χ2v) is 3.88. The molecule has 1 aromatic rings. The molecule has 0 saturated carbocycles. The van der Waals surface area contributed by atoms with Crippen LogP contribution in [-0.4, -0.2) is 0 Å². The highest BCUT2D eigenvalue weighted by Gasteiger charge is 2.00. The molecule has 0 aliphatic carbocycles. The fourth-order valence-corrected chi connectivity index (χ4v) is 1.80. The molecule has 2 N–H and O–H groups in total. The maximum absolute atomic E-state index is 8.39. The first-order valence-electron chi connectivity index (χ1n) is 2.19. The minimum atomic E-state index is 0.550. The maximum atomic E-state index is 8.39. The van der Waals surface area contributed by atoms with Gasteiger partial charge in [0.1, 0.15) is 10.9 Å². The number of anilines is 1. The normalized spacial score (nSPS) is 8.89. The molecule has 0 atom stereocenters. The molecule has 0 aliphatic heterocycles. The van der Waals surface area contributed by atoms with Gasteiger partial charge in [0.25, 0.3) is 0 Å². The van der Waals surface area contributed by atoms with Crippen molar-refractivity contribution in [1.82, 2.24) is 0 Å². The lowest BCUT2D eigenvalue weighted by molar-refractivity contribution is 1.52. The number of nitriles is 1. The topological polar surface area (TPSA) is 49.8 Å². The molecule has 1 aromatic heterocycles. The van der Waals surface area contributed by atoms with Crippen LogP contribution < -0.4 is 5.73 Å². The molecule has 0 aromatic carbocycles. The molecule has 0 bridgehead atoms. The van der Waals surface area contributed by atoms with Crippen molar-refractivity contribution in [2.45, 2.75) is 0 Å². The third-order valence-corrected chi connectivity index (χ3v) is 2.39. The van der Waals surface area contributed by atoms with Crippen molar-refractivity contribution in [3.05, 3.63) is 14.7 Å². The van der Waals surface area contributed by atoms with Crippen molar-refractivity contribution in [3.63, 3.8) is 0 Å². The van der Waals surface area contributed by atoms with E-state index in [1.807, 2.05) is 6.07 Å². The van der Waals surface area contributed by atoms with Gasteiger partial charge in [0, 0.05) is 0 Å². The summed E-state index contributed by atoms with van der Waals surface area (Å²) in [5.74, 6) is 0. The molecular formula is C5H3BrN2S. The van der Waals surface area contributed by atoms with Crippen LogP contribution in [0.1, 0.15) is 4.88 Å². The van der Waals surface area contributed by atoms with E-state index >= 15 is 0 Å². The Morgan fingerprint density at radius 2 is 2.44 bits per heavy atom. The number of hydrogen-bond donors (Lipinski definition) is 1. The lowest BCUT2D eigenvalue weighted by Gasteiger charge is -1.78. The number of rotatable bonds is 0. The van der Waals surface area contributed by atoms with Crippen molar-refractivity contribution in [2.75, 3.05) is 5.73 Å². The monoisotopic (exact) mass is 202 g/mol. The van der Waals surface area contributed by atoms with Crippen LogP contribution in [0.2, 0.25) is 0 Å². The van der Waals surface area contributed by atoms with Gasteiger partial charge in [-0.15, -0.1) is 11.3 Å². The Kier molecular flexibility index (Phi) is 1.74. The Morgan fingerprint density at radius 3 is 2.67 bits per heavy atom. The molecule has 1 heterocycles. The van der Waals surface area contributed by atoms with Gasteiger partial charge in [0.15, 0.2) is 0 Å². The average Bonchev–Trinajstić information content (AvgIpc) is 2.10. The molecule has 2 nitrogen and oxygen atoms in total. The average molecular weight is 203 g/mol. The Hall–Kier alpha value is -0.530. The standard InChI is InChI=1S/C5H3BrN2S/c6-5-1-3(8)4(2-7)9-5/h1H,8H2. The maximum Gasteiger partial charge on any atom is 0.128 e. The van der Waals surface area contributed by atoms with E-state index in [2.05, 4.69) is 15.9 Å². The number of hydrogen-bond acceptors (Lipinski definition) is 3. The molecule has 0 amide bonds. The van der Waals surface area contributed by atoms with Gasteiger partial charge in [-0.05, 0) is 22.0 Å². The van der Waals surface area contributed by atoms with Crippen LogP contribution in [0.25, 0.3) is 0 Å². The molecule has 0 spiro atoms. The minimum absolute atomic E-state index is 0.550. The van der Waals surface area contributed by atoms with E-state index in [1.54, 1.807) is 6.07 Å². The van der Waals surface area contributed by atoms with Gasteiger partial charge in [-0.25, -0.2) is 0 Å². The smallest absolute Gasteiger partial charge is 0.128 e. The second kappa shape index (κ2) is 2.38. The van der Waals surface area contributed by atoms with E-state index in [0.29, 0.717) is 10.6 Å². The van der Waals surface area contributed by atoms with Gasteiger partial charge >= 0.3 is 0 Å². The third-order valence-electron chi connectivity index (χ3n) is 0.832. The van der Waals surface area contributed by atoms with Crippen molar-refractivity contribution in [2.24, 2.45) is 0 Å². The zero-order chi connectivity index (χ0) is 6.85. The van der Waals surface area contributed by atoms with Crippen molar-refractivity contribution in [3.8, 4) is 6.07 Å². The Labute approximate surface area is 65.0 Å². The molecule has 0 fully saturated rings. The lowest BCUT2D eigenvalue weighted by Crippen LogP contribution is -1.81. The van der Waals surface area contributed by atoms with Crippen LogP contribution in [0.15, 0.2) is 9.85 Å². The second-order valence-electron chi connectivity index (χ2n) is 1.45. The fourth-order valence-electron chi connectivity index (χ4n) is 0.461. The molecule has 46 valence electrons. The zero-order valence-electron chi connectivity index (χ0n) is 4.39. The van der Waals surface area contributed by atoms with Crippen LogP contribution in [0.4, 0.5) is 5.69 Å². The van der Waals surface area contributed by atoms with E-state index in [4.69, 9.17) is 11.0 Å². The summed E-state index contributed by atoms with van der Waals surface area (Å²) in [4.78, 5) is 0.571. The summed E-state index contributed by atoms with van der Waals surface area (Å²) in [6, 6.07) is 3.70. The van der Waals surface area contributed by atoms with E-state index < -0.39 is 0 Å². The quantitative estimate of drug-likeness (QED) is 0.700. The number of nitrogen functional groups attached to an aromatic ring is 1. The van der Waals surface area contributed by atoms with Crippen LogP contribution in [0.5, 0.6) is 0 Å². The van der Waals surface area contributed by atoms with E-state index in [-0.39, 0.29) is 0 Å². The summed E-state index contributed by atoms with van der Waals surface area (Å²) < 4.78 is 0.900. The van der Waals surface area contributed by atoms with Crippen LogP contribution >= 0.6 is 27.3 Å². The number of thiophene rings is 1. The van der Waals surface area contributed by atoms with Crippen LogP contribution in [0.3, 0.4) is 0 Å². The van der Waals surface area contributed by atoms with E-state index in [1.165, 1.54) is 11.3 Å². The first-order chi connectivity index (χ1) is 4.24. The van der Waals surface area contributed by atoms with Gasteiger partial charge in [0.05, 0.1) is 9.47 Å². The molecule has 1 rings (SSSR count). The third kappa shape index (κ3) is 1.23. The Bertz CT molecular complexity index is 260. The zero-order valence-corrected chi connectivity index (χ0v) is 6.79. The SMILES string of the molecule is N#Cc1sc(Br)cc1N. The molecule has 0 saturated heterocycles. The predicted octanol–water partition coefficient (Wildman–Crippen LogP) is 1.96. The molecular weight excluding hydrogens is 200 g/mol. The Balaban J connectivity index is 3.20. The van der Waals surface area contributed by atoms with Crippen LogP contribution in [0, 0.1) is 11.3 Å². The highest BCUT2D eigenvalue weighted by Crippen LogP contribution is 2.27. The lowest BCUT2D eigenvalue weighted by atomic mass is 10.4. The highest BCUT2D eigenvalue weighted by atomic mass is 79.9. The summed E-state index contributed by atoms with van der Waals surface area (Å²) in [5.41, 5.74) is 5.96. The number of nitrogens with two attached hydrogens (primary N) is 1. The molecule has 0 aliphatic rings. The summed E-state index contributed by atoms with van der Waals surface area (Å²) in [5, 5.41) is 8.39. The summed E-state index contributed by atoms with van der Waals surface area (Å²) in [6.07, 6.45) is 0. The molecule has 0 unspecified atom stereocenters. The van der Waals surface area contributed by atoms with E-state index in [9.17, 15) is 0 Å². The van der Waals surface area contributed by atoms with Gasteiger partial charge in [-0.2, -0.15) is 5.26 Å². The van der Waals surface area contributed by atoms with Crippen molar-refractivity contribution < 1.29 is 0 Å². The van der Waals surface area contributed by atoms with Gasteiger partial charge < -0.3 is 5.73 Å². The number of nitrogens with zero attached hydrogens (tertiary/aromatic N) is 1. The van der Waals surface area contributed by atoms with Gasteiger partial charge in [0.2, 0.25) is 0 Å². The summed E-state index contributed by atoms with van der Waals surface area (Å²) >= 11 is 4.56. The predicted molar refractivity (Wildman–Crippen MR) is 41.1 cm³/mol. The largest absolute Gasteiger partial charge is 0.397 e. The highest BCUT2D eigenvalue weighted by molar-refractivity contribution is 9.11. The minimum Gasteiger partial charge on any atom is -0.397 e. The molecule has 4 heteroatoms. The molecule has 9 heavy (non-hydrogen) atoms.